The van der Waals surface area contributed by atoms with Crippen molar-refractivity contribution in [3.05, 3.63) is 75.6 Å². The Morgan fingerprint density at radius 1 is 0.938 bits per heavy atom. The van der Waals surface area contributed by atoms with Crippen molar-refractivity contribution in [3.8, 4) is 0 Å². The van der Waals surface area contributed by atoms with E-state index in [1.807, 2.05) is 0 Å². The van der Waals surface area contributed by atoms with Gasteiger partial charge in [0.15, 0.2) is 0 Å². The predicted molar refractivity (Wildman–Crippen MR) is 115 cm³/mol. The standard InChI is InChI=1S/C22H23F3N2O4S/c23-22(24,25)19-14-21(29)27-20-10-7-16(13-18(19)20)4-2-1-3-15-5-8-17(9-6-15)32(30,31)26-11-12-28/h5-10,13-14,26,28H,1-4,11-12H2,(H,27,29). The van der Waals surface area contributed by atoms with Crippen molar-refractivity contribution in [1.82, 2.24) is 9.71 Å². The van der Waals surface area contributed by atoms with Gasteiger partial charge in [0.2, 0.25) is 15.6 Å². The van der Waals surface area contributed by atoms with Crippen LogP contribution in [0.15, 0.2) is 58.2 Å². The number of pyridine rings is 1. The van der Waals surface area contributed by atoms with Crippen LogP contribution in [-0.4, -0.2) is 31.7 Å². The Kier molecular flexibility index (Phi) is 7.37. The van der Waals surface area contributed by atoms with Crippen LogP contribution in [0.5, 0.6) is 0 Å². The molecular formula is C22H23F3N2O4S. The molecule has 1 aromatic heterocycles. The number of nitrogens with one attached hydrogen (secondary N) is 2. The van der Waals surface area contributed by atoms with Gasteiger partial charge in [0.25, 0.3) is 0 Å². The summed E-state index contributed by atoms with van der Waals surface area (Å²) in [7, 11) is -3.65. The molecule has 32 heavy (non-hydrogen) atoms. The van der Waals surface area contributed by atoms with Crippen molar-refractivity contribution in [2.45, 2.75) is 36.8 Å². The molecule has 10 heteroatoms. The lowest BCUT2D eigenvalue weighted by molar-refractivity contribution is -0.136. The van der Waals surface area contributed by atoms with Crippen molar-refractivity contribution in [1.29, 1.82) is 0 Å². The van der Waals surface area contributed by atoms with Crippen LogP contribution in [0.1, 0.15) is 29.5 Å². The third kappa shape index (κ3) is 5.96. The number of hydrogen-bond acceptors (Lipinski definition) is 4. The first-order valence-electron chi connectivity index (χ1n) is 10.0. The largest absolute Gasteiger partial charge is 0.417 e. The lowest BCUT2D eigenvalue weighted by Crippen LogP contribution is -2.26. The van der Waals surface area contributed by atoms with Crippen molar-refractivity contribution in [2.75, 3.05) is 13.2 Å². The number of rotatable bonds is 9. The summed E-state index contributed by atoms with van der Waals surface area (Å²) in [6, 6.07) is 11.7. The van der Waals surface area contributed by atoms with Gasteiger partial charge in [-0.2, -0.15) is 13.2 Å². The number of aromatic amines is 1. The quantitative estimate of drug-likeness (QED) is 0.419. The normalized spacial score (nSPS) is 12.4. The van der Waals surface area contributed by atoms with Crippen molar-refractivity contribution in [2.24, 2.45) is 0 Å². The second-order valence-corrected chi connectivity index (χ2v) is 9.16. The number of unbranched alkanes of at least 4 members (excludes halogenated alkanes) is 1. The number of sulfonamides is 1. The Labute approximate surface area is 183 Å². The fourth-order valence-electron chi connectivity index (χ4n) is 3.45. The van der Waals surface area contributed by atoms with Gasteiger partial charge in [-0.25, -0.2) is 13.1 Å². The van der Waals surface area contributed by atoms with Crippen LogP contribution in [0.4, 0.5) is 13.2 Å². The molecule has 0 fully saturated rings. The maximum absolute atomic E-state index is 13.3. The predicted octanol–water partition coefficient (Wildman–Crippen LogP) is 3.38. The molecule has 0 amide bonds. The summed E-state index contributed by atoms with van der Waals surface area (Å²) in [6.45, 7) is -0.344. The minimum Gasteiger partial charge on any atom is -0.395 e. The third-order valence-electron chi connectivity index (χ3n) is 5.03. The zero-order valence-electron chi connectivity index (χ0n) is 17.1. The molecule has 0 radical (unpaired) electrons. The molecule has 0 atom stereocenters. The SMILES string of the molecule is O=c1cc(C(F)(F)F)c2cc(CCCCc3ccc(S(=O)(=O)NCCO)cc3)ccc2[nH]1. The topological polar surface area (TPSA) is 99.3 Å². The Balaban J connectivity index is 1.61. The van der Waals surface area contributed by atoms with Crippen LogP contribution in [0, 0.1) is 0 Å². The summed E-state index contributed by atoms with van der Waals surface area (Å²) >= 11 is 0. The first-order valence-corrected chi connectivity index (χ1v) is 11.5. The van der Waals surface area contributed by atoms with E-state index in [1.165, 1.54) is 24.3 Å². The van der Waals surface area contributed by atoms with E-state index in [9.17, 15) is 26.4 Å². The van der Waals surface area contributed by atoms with Crippen molar-refractivity contribution in [3.63, 3.8) is 0 Å². The molecule has 1 heterocycles. The number of aryl methyl sites for hydroxylation is 2. The highest BCUT2D eigenvalue weighted by atomic mass is 32.2. The highest BCUT2D eigenvalue weighted by Gasteiger charge is 2.33. The summed E-state index contributed by atoms with van der Waals surface area (Å²) in [5.74, 6) is 0. The molecule has 0 bridgehead atoms. The molecule has 0 aliphatic rings. The Hall–Kier alpha value is -2.69. The van der Waals surface area contributed by atoms with E-state index in [4.69, 9.17) is 5.11 Å². The number of aliphatic hydroxyl groups excluding tert-OH is 1. The monoisotopic (exact) mass is 468 g/mol. The van der Waals surface area contributed by atoms with Crippen LogP contribution >= 0.6 is 0 Å². The average molecular weight is 468 g/mol. The lowest BCUT2D eigenvalue weighted by Gasteiger charge is -2.11. The number of hydrogen-bond donors (Lipinski definition) is 3. The van der Waals surface area contributed by atoms with Crippen molar-refractivity contribution >= 4 is 20.9 Å². The second-order valence-electron chi connectivity index (χ2n) is 7.40. The Morgan fingerprint density at radius 3 is 2.19 bits per heavy atom. The summed E-state index contributed by atoms with van der Waals surface area (Å²) in [6.07, 6.45) is -1.85. The Bertz CT molecular complexity index is 1240. The van der Waals surface area contributed by atoms with Gasteiger partial charge in [0.05, 0.1) is 17.1 Å². The number of benzene rings is 2. The first kappa shape index (κ1) is 24.0. The molecule has 0 saturated heterocycles. The maximum atomic E-state index is 13.3. The Morgan fingerprint density at radius 2 is 1.56 bits per heavy atom. The highest BCUT2D eigenvalue weighted by Crippen LogP contribution is 2.33. The molecule has 0 saturated carbocycles. The van der Waals surface area contributed by atoms with Crippen LogP contribution < -0.4 is 10.3 Å². The number of fused-ring (bicyclic) bond motifs is 1. The summed E-state index contributed by atoms with van der Waals surface area (Å²) in [5, 5.41) is 8.72. The van der Waals surface area contributed by atoms with Crippen LogP contribution in [0.3, 0.4) is 0 Å². The maximum Gasteiger partial charge on any atom is 0.417 e. The van der Waals surface area contributed by atoms with E-state index in [2.05, 4.69) is 9.71 Å². The van der Waals surface area contributed by atoms with Gasteiger partial charge in [-0.05, 0) is 61.1 Å². The fourth-order valence-corrected chi connectivity index (χ4v) is 4.47. The minimum atomic E-state index is -4.61. The molecule has 172 valence electrons. The molecular weight excluding hydrogens is 445 g/mol. The number of halogens is 3. The van der Waals surface area contributed by atoms with Gasteiger partial charge < -0.3 is 10.1 Å². The molecule has 0 aliphatic heterocycles. The van der Waals surface area contributed by atoms with Crippen LogP contribution in [0.2, 0.25) is 0 Å². The third-order valence-corrected chi connectivity index (χ3v) is 6.51. The van der Waals surface area contributed by atoms with Crippen LogP contribution in [0.25, 0.3) is 10.9 Å². The molecule has 3 aromatic rings. The number of aliphatic hydroxyl groups is 1. The molecule has 2 aromatic carbocycles. The second kappa shape index (κ2) is 9.85. The van der Waals surface area contributed by atoms with E-state index in [0.717, 1.165) is 24.0 Å². The zero-order valence-corrected chi connectivity index (χ0v) is 17.9. The van der Waals surface area contributed by atoms with Gasteiger partial charge in [0.1, 0.15) is 0 Å². The average Bonchev–Trinajstić information content (AvgIpc) is 2.74. The smallest absolute Gasteiger partial charge is 0.395 e. The molecule has 0 spiro atoms. The van der Waals surface area contributed by atoms with Gasteiger partial charge >= 0.3 is 6.18 Å². The first-order chi connectivity index (χ1) is 15.1. The molecule has 3 N–H and O–H groups in total. The van der Waals surface area contributed by atoms with Gasteiger partial charge in [0, 0.05) is 23.5 Å². The number of alkyl halides is 3. The van der Waals surface area contributed by atoms with Gasteiger partial charge in [-0.15, -0.1) is 0 Å². The number of aromatic nitrogens is 1. The highest BCUT2D eigenvalue weighted by molar-refractivity contribution is 7.89. The van der Waals surface area contributed by atoms with E-state index >= 15 is 0 Å². The van der Waals surface area contributed by atoms with E-state index in [-0.39, 0.29) is 29.0 Å². The summed E-state index contributed by atoms with van der Waals surface area (Å²) in [5.41, 5.74) is 0.104. The number of H-pyrrole nitrogens is 1. The lowest BCUT2D eigenvalue weighted by atomic mass is 10.0. The van der Waals surface area contributed by atoms with Crippen LogP contribution in [-0.2, 0) is 29.0 Å². The van der Waals surface area contributed by atoms with Gasteiger partial charge in [-0.3, -0.25) is 4.79 Å². The summed E-state index contributed by atoms with van der Waals surface area (Å²) in [4.78, 5) is 14.0. The van der Waals surface area contributed by atoms with E-state index < -0.39 is 27.3 Å². The minimum absolute atomic E-state index is 0.0267. The fraction of sp³-hybridized carbons (Fsp3) is 0.318. The van der Waals surface area contributed by atoms with Gasteiger partial charge in [-0.1, -0.05) is 18.2 Å². The van der Waals surface area contributed by atoms with E-state index in [1.54, 1.807) is 18.2 Å². The zero-order chi connectivity index (χ0) is 23.4. The molecule has 0 aliphatic carbocycles. The molecule has 6 nitrogen and oxygen atoms in total. The van der Waals surface area contributed by atoms with Crippen molar-refractivity contribution < 1.29 is 26.7 Å². The molecule has 3 rings (SSSR count). The molecule has 0 unspecified atom stereocenters. The summed E-state index contributed by atoms with van der Waals surface area (Å²) < 4.78 is 66.1. The van der Waals surface area contributed by atoms with E-state index in [0.29, 0.717) is 18.9 Å².